The van der Waals surface area contributed by atoms with Crippen molar-refractivity contribution in [3.63, 3.8) is 0 Å². The number of hydrogen-bond donors (Lipinski definition) is 1. The van der Waals surface area contributed by atoms with E-state index in [1.807, 2.05) is 19.4 Å². The second kappa shape index (κ2) is 5.15. The molecule has 14 heavy (non-hydrogen) atoms. The van der Waals surface area contributed by atoms with E-state index in [9.17, 15) is 0 Å². The van der Waals surface area contributed by atoms with Gasteiger partial charge in [0.2, 0.25) is 0 Å². The third kappa shape index (κ3) is 3.50. The molecule has 0 spiro atoms. The maximum Gasteiger partial charge on any atom is 0.108 e. The molecular weight excluding hydrogens is 174 g/mol. The van der Waals surface area contributed by atoms with Crippen molar-refractivity contribution in [3.8, 4) is 0 Å². The Kier molecular flexibility index (Phi) is 4.14. The van der Waals surface area contributed by atoms with Crippen molar-refractivity contribution >= 4 is 0 Å². The van der Waals surface area contributed by atoms with Crippen molar-refractivity contribution in [1.29, 1.82) is 0 Å². The zero-order chi connectivity index (χ0) is 10.6. The van der Waals surface area contributed by atoms with Crippen molar-refractivity contribution in [2.24, 2.45) is 13.0 Å². The Labute approximate surface area is 86.5 Å². The first-order valence-electron chi connectivity index (χ1n) is 5.29. The van der Waals surface area contributed by atoms with E-state index in [4.69, 9.17) is 0 Å². The first-order valence-corrected chi connectivity index (χ1v) is 5.29. The van der Waals surface area contributed by atoms with Crippen LogP contribution in [0.4, 0.5) is 0 Å². The van der Waals surface area contributed by atoms with Crippen molar-refractivity contribution in [3.05, 3.63) is 18.2 Å². The van der Waals surface area contributed by atoms with E-state index in [-0.39, 0.29) is 0 Å². The highest BCUT2D eigenvalue weighted by Crippen LogP contribution is 2.04. The quantitative estimate of drug-likeness (QED) is 0.773. The van der Waals surface area contributed by atoms with Gasteiger partial charge in [-0.15, -0.1) is 0 Å². The highest BCUT2D eigenvalue weighted by molar-refractivity contribution is 4.92. The smallest absolute Gasteiger partial charge is 0.108 e. The predicted molar refractivity (Wildman–Crippen MR) is 59.2 cm³/mol. The molecule has 1 aromatic rings. The van der Waals surface area contributed by atoms with Crippen LogP contribution < -0.4 is 5.32 Å². The van der Waals surface area contributed by atoms with Crippen molar-refractivity contribution in [1.82, 2.24) is 14.9 Å². The lowest BCUT2D eigenvalue weighted by Crippen LogP contribution is -2.29. The fraction of sp³-hybridized carbons (Fsp3) is 0.727. The standard InChI is InChI=1S/C11H21N3/c1-9(2)13-8-10(3)7-11-12-5-6-14(11)4/h5-6,9-10,13H,7-8H2,1-4H3. The molecule has 1 rings (SSSR count). The molecule has 0 saturated carbocycles. The molecule has 0 aliphatic rings. The highest BCUT2D eigenvalue weighted by Gasteiger charge is 2.07. The Morgan fingerprint density at radius 2 is 2.14 bits per heavy atom. The summed E-state index contributed by atoms with van der Waals surface area (Å²) >= 11 is 0. The van der Waals surface area contributed by atoms with E-state index in [1.54, 1.807) is 0 Å². The number of aryl methyl sites for hydroxylation is 1. The Morgan fingerprint density at radius 3 is 2.64 bits per heavy atom. The summed E-state index contributed by atoms with van der Waals surface area (Å²) < 4.78 is 2.09. The van der Waals surface area contributed by atoms with Crippen LogP contribution in [0.25, 0.3) is 0 Å². The van der Waals surface area contributed by atoms with Crippen LogP contribution >= 0.6 is 0 Å². The molecule has 80 valence electrons. The van der Waals surface area contributed by atoms with Crippen LogP contribution in [-0.4, -0.2) is 22.1 Å². The molecule has 3 nitrogen and oxygen atoms in total. The first kappa shape index (κ1) is 11.2. The van der Waals surface area contributed by atoms with Gasteiger partial charge in [-0.2, -0.15) is 0 Å². The lowest BCUT2D eigenvalue weighted by atomic mass is 10.1. The lowest BCUT2D eigenvalue weighted by molar-refractivity contribution is 0.464. The first-order chi connectivity index (χ1) is 6.59. The van der Waals surface area contributed by atoms with Gasteiger partial charge in [0.1, 0.15) is 5.82 Å². The number of rotatable bonds is 5. The minimum atomic E-state index is 0.568. The molecule has 0 aromatic carbocycles. The van der Waals surface area contributed by atoms with Gasteiger partial charge in [-0.25, -0.2) is 4.98 Å². The summed E-state index contributed by atoms with van der Waals surface area (Å²) in [4.78, 5) is 4.32. The maximum atomic E-state index is 4.32. The number of imidazole rings is 1. The van der Waals surface area contributed by atoms with E-state index in [2.05, 4.69) is 35.6 Å². The molecule has 1 unspecified atom stereocenters. The average Bonchev–Trinajstić information content (AvgIpc) is 2.49. The number of nitrogens with one attached hydrogen (secondary N) is 1. The molecule has 0 amide bonds. The molecule has 0 aliphatic carbocycles. The van der Waals surface area contributed by atoms with Gasteiger partial charge in [0.05, 0.1) is 0 Å². The van der Waals surface area contributed by atoms with Crippen LogP contribution in [0.1, 0.15) is 26.6 Å². The summed E-state index contributed by atoms with van der Waals surface area (Å²) in [6.07, 6.45) is 4.90. The number of aromatic nitrogens is 2. The van der Waals surface area contributed by atoms with Gasteiger partial charge < -0.3 is 9.88 Å². The molecule has 1 N–H and O–H groups in total. The minimum absolute atomic E-state index is 0.568. The van der Waals surface area contributed by atoms with Crippen LogP contribution in [0.2, 0.25) is 0 Å². The summed E-state index contributed by atoms with van der Waals surface area (Å²) in [6, 6.07) is 0.568. The van der Waals surface area contributed by atoms with E-state index in [0.29, 0.717) is 12.0 Å². The molecule has 0 fully saturated rings. The van der Waals surface area contributed by atoms with E-state index in [0.717, 1.165) is 13.0 Å². The Hall–Kier alpha value is -0.830. The summed E-state index contributed by atoms with van der Waals surface area (Å²) in [7, 11) is 2.05. The summed E-state index contributed by atoms with van der Waals surface area (Å²) in [5.41, 5.74) is 0. The largest absolute Gasteiger partial charge is 0.338 e. The van der Waals surface area contributed by atoms with Gasteiger partial charge in [0.15, 0.2) is 0 Å². The second-order valence-electron chi connectivity index (χ2n) is 4.33. The van der Waals surface area contributed by atoms with Gasteiger partial charge in [-0.05, 0) is 12.5 Å². The third-order valence-corrected chi connectivity index (χ3v) is 2.33. The Bertz CT molecular complexity index is 265. The number of nitrogens with zero attached hydrogens (tertiary/aromatic N) is 2. The van der Waals surface area contributed by atoms with E-state index < -0.39 is 0 Å². The molecule has 0 saturated heterocycles. The van der Waals surface area contributed by atoms with Crippen LogP contribution in [0, 0.1) is 5.92 Å². The maximum absolute atomic E-state index is 4.32. The van der Waals surface area contributed by atoms with Gasteiger partial charge in [0.25, 0.3) is 0 Å². The van der Waals surface area contributed by atoms with Crippen LogP contribution in [0.5, 0.6) is 0 Å². The Morgan fingerprint density at radius 1 is 1.43 bits per heavy atom. The zero-order valence-electron chi connectivity index (χ0n) is 9.62. The molecule has 3 heteroatoms. The van der Waals surface area contributed by atoms with Gasteiger partial charge in [0, 0.05) is 31.9 Å². The average molecular weight is 195 g/mol. The highest BCUT2D eigenvalue weighted by atomic mass is 15.0. The van der Waals surface area contributed by atoms with Gasteiger partial charge in [-0.3, -0.25) is 0 Å². The van der Waals surface area contributed by atoms with Crippen LogP contribution in [-0.2, 0) is 13.5 Å². The monoisotopic (exact) mass is 195 g/mol. The van der Waals surface area contributed by atoms with Crippen molar-refractivity contribution in [2.75, 3.05) is 6.54 Å². The fourth-order valence-electron chi connectivity index (χ4n) is 1.41. The number of hydrogen-bond acceptors (Lipinski definition) is 2. The lowest BCUT2D eigenvalue weighted by Gasteiger charge is -2.14. The molecule has 0 aliphatic heterocycles. The fourth-order valence-corrected chi connectivity index (χ4v) is 1.41. The van der Waals surface area contributed by atoms with Gasteiger partial charge >= 0.3 is 0 Å². The van der Waals surface area contributed by atoms with Crippen LogP contribution in [0.15, 0.2) is 12.4 Å². The van der Waals surface area contributed by atoms with Crippen molar-refractivity contribution in [2.45, 2.75) is 33.2 Å². The molecule has 0 radical (unpaired) electrons. The Balaban J connectivity index is 2.34. The summed E-state index contributed by atoms with van der Waals surface area (Å²) in [5, 5.41) is 3.44. The topological polar surface area (TPSA) is 29.9 Å². The molecule has 0 bridgehead atoms. The zero-order valence-corrected chi connectivity index (χ0v) is 9.62. The third-order valence-electron chi connectivity index (χ3n) is 2.33. The SMILES string of the molecule is CC(CNC(C)C)Cc1nccn1C. The van der Waals surface area contributed by atoms with Crippen LogP contribution in [0.3, 0.4) is 0 Å². The second-order valence-corrected chi connectivity index (χ2v) is 4.33. The molecule has 1 heterocycles. The molecule has 1 atom stereocenters. The molecule has 1 aromatic heterocycles. The van der Waals surface area contributed by atoms with Gasteiger partial charge in [-0.1, -0.05) is 20.8 Å². The summed E-state index contributed by atoms with van der Waals surface area (Å²) in [6.45, 7) is 7.66. The predicted octanol–water partition coefficient (Wildman–Crippen LogP) is 1.60. The normalized spacial score (nSPS) is 13.5. The molecular formula is C11H21N3. The van der Waals surface area contributed by atoms with Crippen molar-refractivity contribution < 1.29 is 0 Å². The summed E-state index contributed by atoms with van der Waals surface area (Å²) in [5.74, 6) is 1.81. The minimum Gasteiger partial charge on any atom is -0.338 e. The van der Waals surface area contributed by atoms with E-state index in [1.165, 1.54) is 5.82 Å². The van der Waals surface area contributed by atoms with E-state index >= 15 is 0 Å².